The van der Waals surface area contributed by atoms with Gasteiger partial charge in [-0.1, -0.05) is 154 Å². The van der Waals surface area contributed by atoms with E-state index in [1.54, 1.807) is 79.0 Å². The third kappa shape index (κ3) is 24.3. The van der Waals surface area contributed by atoms with Gasteiger partial charge in [0.25, 0.3) is 5.91 Å². The molecule has 0 bridgehead atoms. The van der Waals surface area contributed by atoms with Gasteiger partial charge in [0.2, 0.25) is 0 Å². The monoisotopic (exact) mass is 1580 g/mol. The summed E-state index contributed by atoms with van der Waals surface area (Å²) in [6, 6.07) is 54.3. The molecule has 113 heavy (non-hydrogen) atoms. The van der Waals surface area contributed by atoms with E-state index in [4.69, 9.17) is 74.8 Å². The Morgan fingerprint density at radius 1 is 0.416 bits per heavy atom. The van der Waals surface area contributed by atoms with E-state index in [2.05, 4.69) is 128 Å². The van der Waals surface area contributed by atoms with E-state index in [9.17, 15) is 19.2 Å². The van der Waals surface area contributed by atoms with Gasteiger partial charge in [0, 0.05) is 82.9 Å². The standard InChI is InChI=1S/C25H30N2O2.C24H26ClNO2.C23H25ClN2O2.C22H24ClN3O2/c1-16(2)18-9-11-19(12-10-18)21(28)27-22-24(3,4)23(25(22,5)6)29-20-13-7-17(15-26)8-14-20;1-16(2)18-5-7-19(8-6-18)24(27)13-17-3-10-21(11-4-17)28-22-12-9-20(15-26)23(25)14-22;1-15(2)22-10-6-18(14-26-22)23(27)11-16-3-7-19(8-4-16)28-20-9-5-17(13-25)21(24)12-20;1-14(2)20-9-10-21(26-25-20)22(27)11-15-3-6-17(7-4-15)28-18-8-5-16(13-24)19(23)12-18/h7-14,16,22-23H,1-6H3,(H,27,28);5-9,12,14,16-17,21H,3-4,10-11,13H2,1-2H3;5-6,9-10,12,14-16,19H,3-4,7-8,11H2,1-2H3;5,8-10,12,14-15,17H,3-4,6-7,11H2,1-2H3. The Bertz CT molecular complexity index is 4340. The molecule has 0 saturated heterocycles. The Morgan fingerprint density at radius 3 is 1.13 bits per heavy atom. The number of nitrogens with one attached hydrogen (secondary N) is 1. The van der Waals surface area contributed by atoms with Crippen LogP contribution in [-0.4, -0.2) is 68.9 Å². The molecule has 16 nitrogen and oxygen atoms in total. The number of rotatable bonds is 23. The highest BCUT2D eigenvalue weighted by molar-refractivity contribution is 6.32. The average Bonchev–Trinajstić information content (AvgIpc) is 0.707. The van der Waals surface area contributed by atoms with Crippen molar-refractivity contribution in [3.05, 3.63) is 240 Å². The normalized spacial score (nSPS) is 19.9. The van der Waals surface area contributed by atoms with Crippen molar-refractivity contribution in [3.63, 3.8) is 0 Å². The van der Waals surface area contributed by atoms with Crippen molar-refractivity contribution >= 4 is 58.1 Å². The van der Waals surface area contributed by atoms with Crippen LogP contribution in [-0.2, 0) is 0 Å². The number of benzene rings is 6. The van der Waals surface area contributed by atoms with Crippen LogP contribution in [0, 0.1) is 73.9 Å². The zero-order chi connectivity index (χ0) is 81.7. The Kier molecular flexibility index (Phi) is 31.3. The molecule has 2 heterocycles. The van der Waals surface area contributed by atoms with Crippen LogP contribution < -0.4 is 24.3 Å². The molecular formula is C94H105Cl3N8O8. The van der Waals surface area contributed by atoms with Gasteiger partial charge in [0.05, 0.1) is 67.4 Å². The number of carbonyl (C=O) groups excluding carboxylic acids is 4. The van der Waals surface area contributed by atoms with E-state index in [-0.39, 0.29) is 64.5 Å². The highest BCUT2D eigenvalue weighted by Gasteiger charge is 2.64. The molecule has 4 saturated carbocycles. The Morgan fingerprint density at radius 2 is 0.788 bits per heavy atom. The van der Waals surface area contributed by atoms with Gasteiger partial charge in [-0.15, -0.1) is 5.10 Å². The molecule has 19 heteroatoms. The van der Waals surface area contributed by atoms with Crippen molar-refractivity contribution < 1.29 is 38.1 Å². The summed E-state index contributed by atoms with van der Waals surface area (Å²) in [6.07, 6.45) is 15.0. The van der Waals surface area contributed by atoms with E-state index >= 15 is 0 Å². The third-order valence-electron chi connectivity index (χ3n) is 22.2. The van der Waals surface area contributed by atoms with Gasteiger partial charge >= 0.3 is 0 Å². The molecule has 2 aromatic heterocycles. The Labute approximate surface area is 682 Å². The predicted octanol–water partition coefficient (Wildman–Crippen LogP) is 23.1. The zero-order valence-corrected chi connectivity index (χ0v) is 69.3. The van der Waals surface area contributed by atoms with Gasteiger partial charge in [-0.2, -0.15) is 26.1 Å². The van der Waals surface area contributed by atoms with Crippen LogP contribution in [0.2, 0.25) is 15.1 Å². The fourth-order valence-corrected chi connectivity index (χ4v) is 16.2. The molecule has 1 amide bonds. The SMILES string of the molecule is CC(C)c1ccc(C(=O)CC2CCC(Oc3ccc(C#N)c(Cl)c3)CC2)cc1.CC(C)c1ccc(C(=O)CC2CCC(Oc3ccc(C#N)c(Cl)c3)CC2)cn1.CC(C)c1ccc(C(=O)CC2CCC(Oc3ccc(C#N)c(Cl)c3)CC2)nn1.CC(C)c1ccc(C(=O)NC2C(C)(C)C(Oc3ccc(C#N)cc3)C2(C)C)cc1. The number of nitrogens with zero attached hydrogens (tertiary/aromatic N) is 7. The molecular weight excluding hydrogens is 1480 g/mol. The second kappa shape index (κ2) is 40.7. The second-order valence-electron chi connectivity index (χ2n) is 32.8. The van der Waals surface area contributed by atoms with Crippen LogP contribution >= 0.6 is 34.8 Å². The van der Waals surface area contributed by atoms with Crippen molar-refractivity contribution in [1.29, 1.82) is 21.0 Å². The van der Waals surface area contributed by atoms with Crippen LogP contribution in [0.1, 0.15) is 289 Å². The Balaban J connectivity index is 0.000000173. The van der Waals surface area contributed by atoms with Crippen molar-refractivity contribution in [2.45, 2.75) is 234 Å². The number of aromatic nitrogens is 3. The van der Waals surface area contributed by atoms with Gasteiger partial charge in [-0.05, 0) is 227 Å². The lowest BCUT2D eigenvalue weighted by Crippen LogP contribution is -2.74. The molecule has 8 aromatic rings. The summed E-state index contributed by atoms with van der Waals surface area (Å²) in [5.41, 5.74) is 8.55. The van der Waals surface area contributed by atoms with Crippen LogP contribution in [0.5, 0.6) is 23.0 Å². The van der Waals surface area contributed by atoms with Crippen LogP contribution in [0.15, 0.2) is 158 Å². The van der Waals surface area contributed by atoms with Crippen LogP contribution in [0.25, 0.3) is 0 Å². The first-order valence-corrected chi connectivity index (χ1v) is 40.7. The van der Waals surface area contributed by atoms with Gasteiger partial charge < -0.3 is 24.3 Å². The second-order valence-corrected chi connectivity index (χ2v) is 34.0. The Hall–Kier alpha value is -9.94. The molecule has 6 aromatic carbocycles. The first kappa shape index (κ1) is 87.0. The molecule has 4 aliphatic carbocycles. The molecule has 0 aliphatic heterocycles. The van der Waals surface area contributed by atoms with Crippen molar-refractivity contribution in [2.75, 3.05) is 0 Å². The maximum absolute atomic E-state index is 12.9. The first-order chi connectivity index (χ1) is 53.9. The minimum absolute atomic E-state index is 0.0179. The summed E-state index contributed by atoms with van der Waals surface area (Å²) in [5, 5.41) is 48.5. The minimum Gasteiger partial charge on any atom is -0.490 e. The largest absolute Gasteiger partial charge is 0.490 e. The molecule has 0 unspecified atom stereocenters. The fraction of sp³-hybridized carbons (Fsp3) is 0.436. The predicted molar refractivity (Wildman–Crippen MR) is 444 cm³/mol. The number of ketones is 3. The number of Topliss-reactive ketones (excluding diaryl/α,β-unsaturated/α-hetero) is 3. The number of halogens is 3. The number of nitriles is 4. The number of ether oxygens (including phenoxy) is 4. The summed E-state index contributed by atoms with van der Waals surface area (Å²) in [6.45, 7) is 25.4. The van der Waals surface area contributed by atoms with Gasteiger partial charge in [0.15, 0.2) is 17.3 Å². The number of hydrogen-bond donors (Lipinski definition) is 1. The summed E-state index contributed by atoms with van der Waals surface area (Å²) < 4.78 is 24.3. The van der Waals surface area contributed by atoms with E-state index in [1.165, 1.54) is 11.1 Å². The van der Waals surface area contributed by atoms with Crippen LogP contribution in [0.3, 0.4) is 0 Å². The van der Waals surface area contributed by atoms with Gasteiger partial charge in [0.1, 0.15) is 53.0 Å². The lowest BCUT2D eigenvalue weighted by molar-refractivity contribution is -0.164. The summed E-state index contributed by atoms with van der Waals surface area (Å²) >= 11 is 18.2. The highest BCUT2D eigenvalue weighted by Crippen LogP contribution is 2.56. The molecule has 0 atom stereocenters. The quantitative estimate of drug-likeness (QED) is 0.0585. The molecule has 0 radical (unpaired) electrons. The smallest absolute Gasteiger partial charge is 0.251 e. The third-order valence-corrected chi connectivity index (χ3v) is 23.2. The summed E-state index contributed by atoms with van der Waals surface area (Å²) in [5.74, 6) is 5.98. The lowest BCUT2D eigenvalue weighted by atomic mass is 9.49. The number of amides is 1. The van der Waals surface area contributed by atoms with Crippen LogP contribution in [0.4, 0.5) is 0 Å². The van der Waals surface area contributed by atoms with Crippen molar-refractivity contribution in [3.8, 4) is 47.3 Å². The maximum atomic E-state index is 12.9. The van der Waals surface area contributed by atoms with Gasteiger partial charge in [-0.3, -0.25) is 24.2 Å². The minimum atomic E-state index is -0.231. The fourth-order valence-electron chi connectivity index (χ4n) is 15.6. The van der Waals surface area contributed by atoms with E-state index in [1.807, 2.05) is 78.9 Å². The van der Waals surface area contributed by atoms with E-state index in [0.29, 0.717) is 132 Å². The van der Waals surface area contributed by atoms with E-state index < -0.39 is 0 Å². The topological polar surface area (TPSA) is 251 Å². The molecule has 0 spiro atoms. The van der Waals surface area contributed by atoms with Crippen molar-refractivity contribution in [1.82, 2.24) is 20.5 Å². The lowest BCUT2D eigenvalue weighted by Gasteiger charge is -2.63. The van der Waals surface area contributed by atoms with E-state index in [0.717, 1.165) is 99.8 Å². The number of hydrogen-bond acceptors (Lipinski definition) is 15. The molecule has 4 aliphatic rings. The van der Waals surface area contributed by atoms with Gasteiger partial charge in [-0.25, -0.2) is 0 Å². The molecule has 12 rings (SSSR count). The maximum Gasteiger partial charge on any atom is 0.251 e. The molecule has 4 fully saturated rings. The molecule has 590 valence electrons. The average molecular weight is 1580 g/mol. The zero-order valence-electron chi connectivity index (χ0n) is 67.1. The highest BCUT2D eigenvalue weighted by atomic mass is 35.5. The number of pyridine rings is 1. The van der Waals surface area contributed by atoms with Crippen molar-refractivity contribution in [2.24, 2.45) is 28.6 Å². The number of carbonyl (C=O) groups is 4. The molecule has 1 N–H and O–H groups in total. The first-order valence-electron chi connectivity index (χ1n) is 39.6. The summed E-state index contributed by atoms with van der Waals surface area (Å²) in [7, 11) is 0. The summed E-state index contributed by atoms with van der Waals surface area (Å²) in [4.78, 5) is 54.9.